The quantitative estimate of drug-likeness (QED) is 0.178. The van der Waals surface area contributed by atoms with Crippen molar-refractivity contribution in [1.82, 2.24) is 0 Å². The summed E-state index contributed by atoms with van der Waals surface area (Å²) < 4.78 is 0. The fraction of sp³-hybridized carbons (Fsp3) is 0.160. The molecule has 1 saturated carbocycles. The van der Waals surface area contributed by atoms with Gasteiger partial charge in [0, 0.05) is 27.9 Å². The summed E-state index contributed by atoms with van der Waals surface area (Å²) >= 11 is 0. The van der Waals surface area contributed by atoms with Crippen molar-refractivity contribution in [2.24, 2.45) is 0 Å². The molecule has 7 aromatic rings. The second-order valence-corrected chi connectivity index (χ2v) is 14.9. The third-order valence-electron chi connectivity index (χ3n) is 12.4. The first kappa shape index (κ1) is 30.2. The first-order valence-corrected chi connectivity index (χ1v) is 18.7. The number of hydrogen-bond acceptors (Lipinski definition) is 1. The second-order valence-electron chi connectivity index (χ2n) is 14.9. The van der Waals surface area contributed by atoms with E-state index in [0.29, 0.717) is 0 Å². The Balaban J connectivity index is 1.17. The maximum absolute atomic E-state index is 2.55. The lowest BCUT2D eigenvalue weighted by Crippen LogP contribution is -2.28. The molecule has 51 heavy (non-hydrogen) atoms. The van der Waals surface area contributed by atoms with Gasteiger partial charge < -0.3 is 4.90 Å². The van der Waals surface area contributed by atoms with E-state index in [2.05, 4.69) is 182 Å². The van der Waals surface area contributed by atoms with E-state index in [4.69, 9.17) is 0 Å². The summed E-state index contributed by atoms with van der Waals surface area (Å²) in [7, 11) is 0. The van der Waals surface area contributed by atoms with Crippen molar-refractivity contribution >= 4 is 17.1 Å². The van der Waals surface area contributed by atoms with Crippen LogP contribution in [-0.4, -0.2) is 0 Å². The minimum atomic E-state index is -0.266. The lowest BCUT2D eigenvalue weighted by Gasteiger charge is -2.36. The molecule has 1 atom stereocenters. The monoisotopic (exact) mass is 655 g/mol. The van der Waals surface area contributed by atoms with Gasteiger partial charge in [0.05, 0.1) is 0 Å². The van der Waals surface area contributed by atoms with Crippen LogP contribution in [-0.2, 0) is 10.8 Å². The molecule has 1 unspecified atom stereocenters. The number of rotatable bonds is 5. The van der Waals surface area contributed by atoms with Crippen LogP contribution >= 0.6 is 0 Å². The van der Waals surface area contributed by atoms with Crippen LogP contribution in [0.25, 0.3) is 33.4 Å². The molecule has 10 rings (SSSR count). The normalized spacial score (nSPS) is 17.7. The predicted molar refractivity (Wildman–Crippen MR) is 213 cm³/mol. The largest absolute Gasteiger partial charge is 0.310 e. The molecule has 0 bridgehead atoms. The minimum absolute atomic E-state index is 0.0918. The van der Waals surface area contributed by atoms with Gasteiger partial charge in [-0.1, -0.05) is 153 Å². The van der Waals surface area contributed by atoms with E-state index >= 15 is 0 Å². The topological polar surface area (TPSA) is 3.24 Å². The van der Waals surface area contributed by atoms with Crippen molar-refractivity contribution < 1.29 is 0 Å². The van der Waals surface area contributed by atoms with E-state index in [-0.39, 0.29) is 10.8 Å². The van der Waals surface area contributed by atoms with Crippen LogP contribution in [0.4, 0.5) is 17.1 Å². The molecule has 0 aromatic heterocycles. The summed E-state index contributed by atoms with van der Waals surface area (Å²) in [6, 6.07) is 63.6. The third kappa shape index (κ3) is 4.54. The van der Waals surface area contributed by atoms with E-state index in [1.807, 2.05) is 0 Å². The van der Waals surface area contributed by atoms with Crippen molar-refractivity contribution in [2.45, 2.75) is 49.9 Å². The molecule has 0 N–H and O–H groups in total. The Labute approximate surface area is 301 Å². The molecule has 3 aliphatic rings. The number of hydrogen-bond donors (Lipinski definition) is 0. The fourth-order valence-corrected chi connectivity index (χ4v) is 9.86. The zero-order valence-electron chi connectivity index (χ0n) is 29.1. The summed E-state index contributed by atoms with van der Waals surface area (Å²) in [6.07, 6.45) is 6.34. The van der Waals surface area contributed by atoms with Crippen molar-refractivity contribution in [3.05, 3.63) is 198 Å². The second kappa shape index (κ2) is 11.7. The van der Waals surface area contributed by atoms with Crippen LogP contribution in [0.1, 0.15) is 66.8 Å². The van der Waals surface area contributed by atoms with E-state index in [1.54, 1.807) is 0 Å². The van der Waals surface area contributed by atoms with Gasteiger partial charge in [-0.15, -0.1) is 0 Å². The lowest BCUT2D eigenvalue weighted by atomic mass is 9.68. The van der Waals surface area contributed by atoms with Crippen molar-refractivity contribution in [3.63, 3.8) is 0 Å². The highest BCUT2D eigenvalue weighted by Crippen LogP contribution is 2.58. The maximum Gasteiger partial charge on any atom is 0.0465 e. The van der Waals surface area contributed by atoms with Crippen molar-refractivity contribution in [3.8, 4) is 33.4 Å². The molecule has 0 amide bonds. The first-order chi connectivity index (χ1) is 25.1. The summed E-state index contributed by atoms with van der Waals surface area (Å²) in [4.78, 5) is 2.50. The molecule has 0 radical (unpaired) electrons. The summed E-state index contributed by atoms with van der Waals surface area (Å²) in [5, 5.41) is 0. The zero-order chi connectivity index (χ0) is 34.0. The van der Waals surface area contributed by atoms with Crippen molar-refractivity contribution in [1.29, 1.82) is 0 Å². The van der Waals surface area contributed by atoms with Gasteiger partial charge in [0.15, 0.2) is 0 Å². The highest BCUT2D eigenvalue weighted by Gasteiger charge is 2.44. The van der Waals surface area contributed by atoms with Crippen LogP contribution in [0.15, 0.2) is 170 Å². The van der Waals surface area contributed by atoms with Crippen LogP contribution in [0.3, 0.4) is 0 Å². The molecule has 246 valence electrons. The van der Waals surface area contributed by atoms with Gasteiger partial charge in [-0.3, -0.25) is 0 Å². The van der Waals surface area contributed by atoms with Gasteiger partial charge in [-0.05, 0) is 117 Å². The van der Waals surface area contributed by atoms with Gasteiger partial charge >= 0.3 is 0 Å². The molecule has 1 heteroatoms. The smallest absolute Gasteiger partial charge is 0.0465 e. The molecule has 1 fully saturated rings. The molecular formula is C50H41N. The first-order valence-electron chi connectivity index (χ1n) is 18.7. The average molecular weight is 656 g/mol. The molecule has 1 spiro atoms. The standard InChI is InChI=1S/C50H41N/c1-49(37-17-7-3-8-18-37)45-21-11-9-19-41(45)43-29-27-39(33-47(43)49)51(38-25-23-36(24-26-38)35-15-5-2-6-16-35)40-28-30-44-42-20-10-12-22-46(42)50(48(44)34-40)31-13-4-14-32-50/h2-3,5-12,15-30,33-34H,4,13-14,31-32H2,1H3. The Morgan fingerprint density at radius 2 is 0.882 bits per heavy atom. The van der Waals surface area contributed by atoms with Gasteiger partial charge in [0.2, 0.25) is 0 Å². The van der Waals surface area contributed by atoms with Gasteiger partial charge in [0.1, 0.15) is 0 Å². The Kier molecular flexibility index (Phi) is 6.93. The summed E-state index contributed by atoms with van der Waals surface area (Å²) in [5.41, 5.74) is 18.4. The highest BCUT2D eigenvalue weighted by atomic mass is 15.1. The fourth-order valence-electron chi connectivity index (χ4n) is 9.86. The molecule has 3 aliphatic carbocycles. The summed E-state index contributed by atoms with van der Waals surface area (Å²) in [5.74, 6) is 0. The van der Waals surface area contributed by atoms with E-state index in [9.17, 15) is 0 Å². The Bertz CT molecular complexity index is 2400. The molecule has 0 heterocycles. The number of anilines is 3. The van der Waals surface area contributed by atoms with Crippen LogP contribution in [0, 0.1) is 0 Å². The van der Waals surface area contributed by atoms with Crippen molar-refractivity contribution in [2.75, 3.05) is 4.90 Å². The SMILES string of the molecule is CC1(c2ccccc2)c2ccccc2-c2ccc(N(c3ccc(-c4ccccc4)cc3)c3ccc4c(c3)C3(CCCCC3)c3ccccc3-4)cc21. The van der Waals surface area contributed by atoms with Crippen LogP contribution < -0.4 is 4.90 Å². The highest BCUT2D eigenvalue weighted by molar-refractivity contribution is 5.89. The van der Waals surface area contributed by atoms with Gasteiger partial charge in [0.25, 0.3) is 0 Å². The molecule has 0 aliphatic heterocycles. The number of benzene rings is 7. The maximum atomic E-state index is 2.55. The third-order valence-corrected chi connectivity index (χ3v) is 12.4. The molecule has 7 aromatic carbocycles. The minimum Gasteiger partial charge on any atom is -0.310 e. The van der Waals surface area contributed by atoms with E-state index < -0.39 is 0 Å². The predicted octanol–water partition coefficient (Wildman–Crippen LogP) is 13.4. The van der Waals surface area contributed by atoms with Crippen LogP contribution in [0.5, 0.6) is 0 Å². The zero-order valence-corrected chi connectivity index (χ0v) is 29.1. The molecular weight excluding hydrogens is 615 g/mol. The Morgan fingerprint density at radius 3 is 1.57 bits per heavy atom. The van der Waals surface area contributed by atoms with E-state index in [0.717, 1.165) is 0 Å². The van der Waals surface area contributed by atoms with Crippen LogP contribution in [0.2, 0.25) is 0 Å². The van der Waals surface area contributed by atoms with Gasteiger partial charge in [-0.25, -0.2) is 0 Å². The number of fused-ring (bicyclic) bond motifs is 8. The van der Waals surface area contributed by atoms with Gasteiger partial charge in [-0.2, -0.15) is 0 Å². The molecule has 1 nitrogen and oxygen atoms in total. The Hall–Kier alpha value is -5.66. The molecule has 0 saturated heterocycles. The average Bonchev–Trinajstić information content (AvgIpc) is 3.62. The summed E-state index contributed by atoms with van der Waals surface area (Å²) in [6.45, 7) is 2.41. The van der Waals surface area contributed by atoms with E-state index in [1.165, 1.54) is 110 Å². The number of nitrogens with zero attached hydrogens (tertiary/aromatic N) is 1. The Morgan fingerprint density at radius 1 is 0.392 bits per heavy atom. The lowest BCUT2D eigenvalue weighted by molar-refractivity contribution is 0.353.